The van der Waals surface area contributed by atoms with Gasteiger partial charge < -0.3 is 0 Å². The van der Waals surface area contributed by atoms with Gasteiger partial charge in [-0.3, -0.25) is 0 Å². The van der Waals surface area contributed by atoms with E-state index in [2.05, 4.69) is 49.8 Å². The zero-order valence-corrected chi connectivity index (χ0v) is 9.38. The average molecular weight is 345 g/mol. The molecule has 1 aromatic rings. The molecule has 0 nitrogen and oxygen atoms in total. The van der Waals surface area contributed by atoms with E-state index in [1.165, 1.54) is 9.13 Å². The van der Waals surface area contributed by atoms with Gasteiger partial charge in [-0.2, -0.15) is 0 Å². The molecule has 0 aliphatic heterocycles. The molecule has 0 saturated heterocycles. The van der Waals surface area contributed by atoms with Crippen molar-refractivity contribution in [2.75, 3.05) is 0 Å². The van der Waals surface area contributed by atoms with Gasteiger partial charge in [0.2, 0.25) is 0 Å². The molecule has 0 unspecified atom stereocenters. The van der Waals surface area contributed by atoms with Crippen molar-refractivity contribution in [2.45, 2.75) is 6.92 Å². The Labute approximate surface area is 75.5 Å². The molecule has 0 fully saturated rings. The Morgan fingerprint density at radius 3 is 2.67 bits per heavy atom. The Bertz CT molecular complexity index is 196. The van der Waals surface area contributed by atoms with E-state index in [4.69, 9.17) is 0 Å². The normalized spacial score (nSPS) is 10.0. The second kappa shape index (κ2) is 3.75. The Morgan fingerprint density at radius 1 is 1.44 bits per heavy atom. The molecule has 0 amide bonds. The number of hydrogen-bond donors (Lipinski definition) is 0. The molecule has 0 N–H and O–H groups in total. The topological polar surface area (TPSA) is 0 Å². The average Bonchev–Trinajstić information content (AvgIpc) is 1.88. The van der Waals surface area contributed by atoms with Gasteiger partial charge in [0.15, 0.2) is 0 Å². The predicted octanol–water partition coefficient (Wildman–Crippen LogP) is -0.396. The van der Waals surface area contributed by atoms with Gasteiger partial charge in [0.1, 0.15) is 0 Å². The molecule has 2 heteroatoms. The molecule has 0 bridgehead atoms. The minimum atomic E-state index is 0.263. The summed E-state index contributed by atoms with van der Waals surface area (Å²) in [5, 5.41) is 0. The minimum absolute atomic E-state index is 0.263. The van der Waals surface area contributed by atoms with Crippen LogP contribution in [0.5, 0.6) is 0 Å². The summed E-state index contributed by atoms with van der Waals surface area (Å²) in [6, 6.07) is 8.73. The third kappa shape index (κ3) is 2.41. The zero-order valence-electron chi connectivity index (χ0n) is 5.07. The maximum absolute atomic E-state index is 2.48. The molecule has 0 atom stereocenters. The van der Waals surface area contributed by atoms with Crippen LogP contribution in [0.3, 0.4) is 0 Å². The Morgan fingerprint density at radius 2 is 2.22 bits per heavy atom. The van der Waals surface area contributed by atoms with Crippen LogP contribution in [0.4, 0.5) is 0 Å². The molecule has 0 spiro atoms. The van der Waals surface area contributed by atoms with Crippen LogP contribution in [0, 0.1) is 10.5 Å². The van der Waals surface area contributed by atoms with Crippen LogP contribution in [0.2, 0.25) is 0 Å². The van der Waals surface area contributed by atoms with E-state index in [1.807, 2.05) is 0 Å². The number of benzene rings is 1. The number of halogens is 2. The molecule has 0 saturated carbocycles. The van der Waals surface area contributed by atoms with E-state index in [0.29, 0.717) is 0 Å². The van der Waals surface area contributed by atoms with E-state index in [1.54, 1.807) is 0 Å². The van der Waals surface area contributed by atoms with E-state index >= 15 is 0 Å². The third-order valence-corrected chi connectivity index (χ3v) is 5.36. The summed E-state index contributed by atoms with van der Waals surface area (Å²) in [5.74, 6) is 0. The molecule has 1 rings (SSSR count). The molecule has 0 aliphatic rings. The molecule has 0 aliphatic carbocycles. The van der Waals surface area contributed by atoms with Crippen LogP contribution in [0.25, 0.3) is 0 Å². The van der Waals surface area contributed by atoms with E-state index in [9.17, 15) is 0 Å². The van der Waals surface area contributed by atoms with Crippen molar-refractivity contribution >= 4 is 18.6 Å². The Hall–Kier alpha value is 0.680. The molecular weight excluding hydrogens is 338 g/mol. The third-order valence-electron chi connectivity index (χ3n) is 1.06. The molecular formula is C7H7I2-. The van der Waals surface area contributed by atoms with E-state index in [0.717, 1.165) is 0 Å². The maximum atomic E-state index is 2.48. The summed E-state index contributed by atoms with van der Waals surface area (Å²) in [5.41, 5.74) is 1.38. The summed E-state index contributed by atoms with van der Waals surface area (Å²) in [6.07, 6.45) is 0. The summed E-state index contributed by atoms with van der Waals surface area (Å²) < 4.78 is 1.52. The summed E-state index contributed by atoms with van der Waals surface area (Å²) in [6.45, 7) is 2.14. The van der Waals surface area contributed by atoms with Gasteiger partial charge in [0, 0.05) is 0 Å². The van der Waals surface area contributed by atoms with Crippen LogP contribution in [0.15, 0.2) is 24.3 Å². The van der Waals surface area contributed by atoms with Crippen LogP contribution >= 0.6 is 18.6 Å². The molecule has 0 heterocycles. The van der Waals surface area contributed by atoms with Gasteiger partial charge in [-0.25, -0.2) is 0 Å². The molecule has 1 aromatic carbocycles. The van der Waals surface area contributed by atoms with Crippen molar-refractivity contribution in [3.8, 4) is 0 Å². The molecule has 9 heavy (non-hydrogen) atoms. The second-order valence-corrected chi connectivity index (χ2v) is 6.26. The number of rotatable bonds is 1. The summed E-state index contributed by atoms with van der Waals surface area (Å²) >= 11 is 2.74. The first kappa shape index (κ1) is 7.78. The van der Waals surface area contributed by atoms with Crippen molar-refractivity contribution < 1.29 is 17.2 Å². The molecule has 0 aromatic heterocycles. The fourth-order valence-corrected chi connectivity index (χ4v) is 3.30. The van der Waals surface area contributed by atoms with Crippen LogP contribution in [-0.2, 0) is 0 Å². The van der Waals surface area contributed by atoms with Crippen molar-refractivity contribution in [1.82, 2.24) is 0 Å². The SMILES string of the molecule is Cc1cccc([I-]I)c1. The predicted molar refractivity (Wildman–Crippen MR) is 43.9 cm³/mol. The van der Waals surface area contributed by atoms with Crippen LogP contribution in [0.1, 0.15) is 5.56 Å². The first-order chi connectivity index (χ1) is 4.33. The summed E-state index contributed by atoms with van der Waals surface area (Å²) in [4.78, 5) is 0. The Kier molecular flexibility index (Phi) is 3.25. The number of aryl methyl sites for hydroxylation is 1. The van der Waals surface area contributed by atoms with Crippen LogP contribution in [-0.4, -0.2) is 0 Å². The van der Waals surface area contributed by atoms with Crippen molar-refractivity contribution in [3.05, 3.63) is 33.4 Å². The van der Waals surface area contributed by atoms with Gasteiger partial charge in [-0.05, 0) is 0 Å². The van der Waals surface area contributed by atoms with Gasteiger partial charge in [0.25, 0.3) is 0 Å². The van der Waals surface area contributed by atoms with Gasteiger partial charge in [-0.15, -0.1) is 0 Å². The van der Waals surface area contributed by atoms with Crippen molar-refractivity contribution in [3.63, 3.8) is 0 Å². The standard InChI is InChI=1S/C7H7I2/c1-6-3-2-4-7(5-6)9-8/h2-5H,1H3/q-1. The first-order valence-electron chi connectivity index (χ1n) is 2.65. The molecule has 50 valence electrons. The van der Waals surface area contributed by atoms with Gasteiger partial charge in [0.05, 0.1) is 0 Å². The fraction of sp³-hybridized carbons (Fsp3) is 0.143. The Balaban J connectivity index is 2.94. The zero-order chi connectivity index (χ0) is 6.69. The van der Waals surface area contributed by atoms with E-state index < -0.39 is 0 Å². The quantitative estimate of drug-likeness (QED) is 0.608. The monoisotopic (exact) mass is 345 g/mol. The summed E-state index contributed by atoms with van der Waals surface area (Å²) in [7, 11) is 0. The van der Waals surface area contributed by atoms with E-state index in [-0.39, 0.29) is 17.2 Å². The second-order valence-electron chi connectivity index (χ2n) is 1.87. The van der Waals surface area contributed by atoms with Gasteiger partial charge in [-0.1, -0.05) is 0 Å². The van der Waals surface area contributed by atoms with Gasteiger partial charge >= 0.3 is 76.2 Å². The van der Waals surface area contributed by atoms with Crippen LogP contribution < -0.4 is 17.2 Å². The number of hydrogen-bond acceptors (Lipinski definition) is 0. The first-order valence-corrected chi connectivity index (χ1v) is 10.0. The van der Waals surface area contributed by atoms with Crippen molar-refractivity contribution in [2.24, 2.45) is 0 Å². The molecule has 0 radical (unpaired) electrons. The fourth-order valence-electron chi connectivity index (χ4n) is 0.650. The van der Waals surface area contributed by atoms with Crippen molar-refractivity contribution in [1.29, 1.82) is 0 Å².